The van der Waals surface area contributed by atoms with Crippen molar-refractivity contribution in [1.82, 2.24) is 0 Å². The van der Waals surface area contributed by atoms with E-state index in [4.69, 9.17) is 4.42 Å². The lowest BCUT2D eigenvalue weighted by Gasteiger charge is -2.45. The quantitative estimate of drug-likeness (QED) is 0.162. The molecule has 10 aromatic carbocycles. The van der Waals surface area contributed by atoms with Crippen molar-refractivity contribution in [2.24, 2.45) is 0 Å². The van der Waals surface area contributed by atoms with Crippen LogP contribution in [0.3, 0.4) is 0 Å². The lowest BCUT2D eigenvalue weighted by Crippen LogP contribution is -2.64. The van der Waals surface area contributed by atoms with E-state index >= 15 is 0 Å². The van der Waals surface area contributed by atoms with Crippen LogP contribution < -0.4 is 42.6 Å². The minimum atomic E-state index is -0.216. The third-order valence-corrected chi connectivity index (χ3v) is 16.3. The number of para-hydroxylation sites is 4. The zero-order chi connectivity index (χ0) is 44.5. The Kier molecular flexibility index (Phi) is 7.26. The van der Waals surface area contributed by atoms with Crippen LogP contribution in [0.5, 0.6) is 0 Å². The van der Waals surface area contributed by atoms with Crippen molar-refractivity contribution in [3.8, 4) is 0 Å². The fourth-order valence-electron chi connectivity index (χ4n) is 13.2. The molecule has 5 heterocycles. The third kappa shape index (κ3) is 4.88. The molecule has 4 aliphatic heterocycles. The summed E-state index contributed by atoms with van der Waals surface area (Å²) >= 11 is 0. The smallest absolute Gasteiger partial charge is 0.247 e. The molecule has 11 aromatic rings. The number of nitrogens with zero attached hydrogens (tertiary/aromatic N) is 2. The number of rotatable bonds is 2. The standard InChI is InChI=1S/C62H44B2N2O/c1-61(2)45-21-15-27-55-59(45)63(49-23-11-13-25-53(49)65(55)41-17-7-5-8-18-41)51-33-37-29-43-44-30-38-34-52-48(32-40(38)36-58(44)67-57(43)35-39(37)31-47(51)61)62(3,4)46-22-16-28-56-60(46)64(52)50-24-12-14-26-54(50)66(56)42-19-9-6-10-20-42/h5-36H,1-4H3. The van der Waals surface area contributed by atoms with Gasteiger partial charge in [-0.3, -0.25) is 0 Å². The van der Waals surface area contributed by atoms with Gasteiger partial charge in [0.15, 0.2) is 0 Å². The number of anilines is 6. The molecule has 0 spiro atoms. The molecule has 0 aliphatic carbocycles. The highest BCUT2D eigenvalue weighted by atomic mass is 16.3. The highest BCUT2D eigenvalue weighted by Crippen LogP contribution is 2.46. The SMILES string of the molecule is CC1(C)c2cc3cc4oc5cc6cc7c(cc6cc5c4cc3cc2B2c3ccccc3N(c3ccccc3)c3cccc1c32)B1c2ccccc2N(c2ccccc2)c2cccc(c21)C7(C)C. The van der Waals surface area contributed by atoms with Crippen molar-refractivity contribution in [2.75, 3.05) is 9.80 Å². The van der Waals surface area contributed by atoms with Gasteiger partial charge in [-0.15, -0.1) is 0 Å². The Labute approximate surface area is 391 Å². The van der Waals surface area contributed by atoms with Crippen molar-refractivity contribution < 1.29 is 4.42 Å². The summed E-state index contributed by atoms with van der Waals surface area (Å²) in [5.74, 6) is 0. The summed E-state index contributed by atoms with van der Waals surface area (Å²) in [6.07, 6.45) is 0. The van der Waals surface area contributed by atoms with Crippen molar-refractivity contribution in [3.63, 3.8) is 0 Å². The molecule has 0 saturated heterocycles. The summed E-state index contributed by atoms with van der Waals surface area (Å²) in [7, 11) is 0. The van der Waals surface area contributed by atoms with E-state index < -0.39 is 0 Å². The second kappa shape index (κ2) is 13.0. The first-order valence-corrected chi connectivity index (χ1v) is 23.8. The zero-order valence-corrected chi connectivity index (χ0v) is 37.9. The number of fused-ring (bicyclic) bond motifs is 13. The van der Waals surface area contributed by atoms with Crippen LogP contribution in [0, 0.1) is 0 Å². The van der Waals surface area contributed by atoms with E-state index in [9.17, 15) is 0 Å². The molecule has 0 N–H and O–H groups in total. The minimum absolute atomic E-state index is 0.112. The van der Waals surface area contributed by atoms with Crippen LogP contribution in [0.4, 0.5) is 34.1 Å². The molecule has 0 fully saturated rings. The molecule has 0 bridgehead atoms. The van der Waals surface area contributed by atoms with Crippen LogP contribution in [0.25, 0.3) is 43.5 Å². The van der Waals surface area contributed by atoms with E-state index in [2.05, 4.69) is 232 Å². The van der Waals surface area contributed by atoms with Crippen LogP contribution in [0.1, 0.15) is 49.9 Å². The Balaban J connectivity index is 0.924. The number of furan rings is 1. The van der Waals surface area contributed by atoms with Crippen LogP contribution in [-0.2, 0) is 10.8 Å². The predicted molar refractivity (Wildman–Crippen MR) is 285 cm³/mol. The maximum Gasteiger partial charge on any atom is 0.247 e. The van der Waals surface area contributed by atoms with Gasteiger partial charge in [0, 0.05) is 55.7 Å². The number of hydrogen-bond acceptors (Lipinski definition) is 3. The average Bonchev–Trinajstić information content (AvgIpc) is 3.70. The van der Waals surface area contributed by atoms with Crippen molar-refractivity contribution in [2.45, 2.75) is 38.5 Å². The molecule has 0 saturated carbocycles. The second-order valence-electron chi connectivity index (χ2n) is 20.4. The fourth-order valence-corrected chi connectivity index (χ4v) is 13.2. The monoisotopic (exact) mass is 854 g/mol. The Hall–Kier alpha value is -7.75. The molecule has 3 nitrogen and oxygen atoms in total. The molecular weight excluding hydrogens is 810 g/mol. The molecule has 0 unspecified atom stereocenters. The molecule has 0 atom stereocenters. The molecule has 15 rings (SSSR count). The predicted octanol–water partition coefficient (Wildman–Crippen LogP) is 11.8. The first-order valence-electron chi connectivity index (χ1n) is 23.8. The number of benzene rings is 10. The molecule has 67 heavy (non-hydrogen) atoms. The summed E-state index contributed by atoms with van der Waals surface area (Å²) in [6, 6.07) is 73.1. The Morgan fingerprint density at radius 1 is 0.343 bits per heavy atom. The summed E-state index contributed by atoms with van der Waals surface area (Å²) < 4.78 is 6.90. The summed E-state index contributed by atoms with van der Waals surface area (Å²) in [4.78, 5) is 4.95. The molecule has 314 valence electrons. The van der Waals surface area contributed by atoms with Crippen LogP contribution in [0.15, 0.2) is 199 Å². The van der Waals surface area contributed by atoms with Crippen molar-refractivity contribution >= 4 is 124 Å². The Bertz CT molecular complexity index is 3710. The molecule has 0 amide bonds. The van der Waals surface area contributed by atoms with Gasteiger partial charge in [0.05, 0.1) is 0 Å². The normalized spacial score (nSPS) is 15.6. The van der Waals surface area contributed by atoms with E-state index in [0.717, 1.165) is 21.9 Å². The van der Waals surface area contributed by atoms with Gasteiger partial charge in [-0.2, -0.15) is 0 Å². The minimum Gasteiger partial charge on any atom is -0.456 e. The van der Waals surface area contributed by atoms with Gasteiger partial charge >= 0.3 is 0 Å². The summed E-state index contributed by atoms with van der Waals surface area (Å²) in [5.41, 5.74) is 22.7. The van der Waals surface area contributed by atoms with Gasteiger partial charge in [0.1, 0.15) is 11.2 Å². The van der Waals surface area contributed by atoms with E-state index in [1.54, 1.807) is 0 Å². The first kappa shape index (κ1) is 37.5. The maximum atomic E-state index is 6.90. The van der Waals surface area contributed by atoms with Gasteiger partial charge in [0.25, 0.3) is 0 Å². The highest BCUT2D eigenvalue weighted by molar-refractivity contribution is 6.99. The molecule has 5 heteroatoms. The zero-order valence-electron chi connectivity index (χ0n) is 37.9. The van der Waals surface area contributed by atoms with Crippen LogP contribution >= 0.6 is 0 Å². The fraction of sp³-hybridized carbons (Fsp3) is 0.0968. The maximum absolute atomic E-state index is 6.90. The van der Waals surface area contributed by atoms with Crippen molar-refractivity contribution in [1.29, 1.82) is 0 Å². The van der Waals surface area contributed by atoms with E-state index in [0.29, 0.717) is 0 Å². The van der Waals surface area contributed by atoms with Gasteiger partial charge in [-0.1, -0.05) is 160 Å². The largest absolute Gasteiger partial charge is 0.456 e. The Morgan fingerprint density at radius 2 is 0.731 bits per heavy atom. The van der Waals surface area contributed by atoms with Gasteiger partial charge in [0.2, 0.25) is 13.4 Å². The lowest BCUT2D eigenvalue weighted by molar-refractivity contribution is 0.646. The number of hydrogen-bond donors (Lipinski definition) is 0. The molecule has 4 aliphatic rings. The molecule has 0 radical (unpaired) electrons. The molecular formula is C62H44B2N2O. The summed E-state index contributed by atoms with van der Waals surface area (Å²) in [6.45, 7) is 9.87. The highest BCUT2D eigenvalue weighted by Gasteiger charge is 2.47. The topological polar surface area (TPSA) is 19.6 Å². The first-order chi connectivity index (χ1) is 32.7. The van der Waals surface area contributed by atoms with Crippen molar-refractivity contribution in [3.05, 3.63) is 216 Å². The van der Waals surface area contributed by atoms with E-state index in [1.807, 2.05) is 0 Å². The van der Waals surface area contributed by atoms with Crippen LogP contribution in [0.2, 0.25) is 0 Å². The Morgan fingerprint density at radius 3 is 1.18 bits per heavy atom. The van der Waals surface area contributed by atoms with Gasteiger partial charge in [-0.05, 0) is 138 Å². The average molecular weight is 855 g/mol. The summed E-state index contributed by atoms with van der Waals surface area (Å²) in [5, 5.41) is 7.23. The second-order valence-corrected chi connectivity index (χ2v) is 20.4. The molecule has 1 aromatic heterocycles. The van der Waals surface area contributed by atoms with Gasteiger partial charge in [-0.25, -0.2) is 0 Å². The third-order valence-electron chi connectivity index (χ3n) is 16.3. The van der Waals surface area contributed by atoms with E-state index in [1.165, 1.54) is 111 Å². The van der Waals surface area contributed by atoms with Crippen LogP contribution in [-0.4, -0.2) is 13.4 Å². The van der Waals surface area contributed by atoms with E-state index in [-0.39, 0.29) is 24.3 Å². The lowest BCUT2D eigenvalue weighted by atomic mass is 9.30. The van der Waals surface area contributed by atoms with Gasteiger partial charge < -0.3 is 14.2 Å².